The van der Waals surface area contributed by atoms with Gasteiger partial charge in [0, 0.05) is 26.1 Å². The van der Waals surface area contributed by atoms with Gasteiger partial charge in [0.15, 0.2) is 5.96 Å². The second-order valence-electron chi connectivity index (χ2n) is 7.03. The van der Waals surface area contributed by atoms with E-state index >= 15 is 0 Å². The van der Waals surface area contributed by atoms with E-state index in [4.69, 9.17) is 16.2 Å². The summed E-state index contributed by atoms with van der Waals surface area (Å²) in [4.78, 5) is 39.1. The van der Waals surface area contributed by atoms with Crippen molar-refractivity contribution in [1.29, 1.82) is 0 Å². The Morgan fingerprint density at radius 1 is 1.00 bits per heavy atom. The van der Waals surface area contributed by atoms with Crippen molar-refractivity contribution in [2.75, 3.05) is 19.6 Å². The average Bonchev–Trinajstić information content (AvgIpc) is 2.73. The van der Waals surface area contributed by atoms with Crippen LogP contribution in [-0.2, 0) is 25.7 Å². The number of hydrogen-bond donors (Lipinski definition) is 5. The third-order valence-electron chi connectivity index (χ3n) is 4.21. The molecule has 0 fully saturated rings. The summed E-state index contributed by atoms with van der Waals surface area (Å²) in [5, 5.41) is 15.0. The zero-order chi connectivity index (χ0) is 22.9. The number of aliphatic hydroxyl groups excluding tert-OH is 1. The summed E-state index contributed by atoms with van der Waals surface area (Å²) in [5.74, 6) is -0.964. The molecule has 11 heteroatoms. The van der Waals surface area contributed by atoms with Crippen LogP contribution in [0.2, 0.25) is 0 Å². The average molecular weight is 472 g/mol. The SMILES string of the molecule is Cl.NC(N)=NCCCCCC(=O)NC[C@@H](O)CC(=O)NCCC(=O)OCc1ccccc1. The highest BCUT2D eigenvalue weighted by atomic mass is 35.5. The monoisotopic (exact) mass is 471 g/mol. The van der Waals surface area contributed by atoms with Crippen LogP contribution >= 0.6 is 12.4 Å². The molecule has 0 radical (unpaired) electrons. The van der Waals surface area contributed by atoms with E-state index in [1.54, 1.807) is 0 Å². The van der Waals surface area contributed by atoms with E-state index in [0.717, 1.165) is 18.4 Å². The number of amides is 2. The van der Waals surface area contributed by atoms with Gasteiger partial charge in [-0.25, -0.2) is 0 Å². The van der Waals surface area contributed by atoms with Crippen molar-refractivity contribution in [3.05, 3.63) is 35.9 Å². The number of aliphatic hydroxyl groups is 1. The number of ether oxygens (including phenoxy) is 1. The number of carbonyl (C=O) groups excluding carboxylic acids is 3. The Kier molecular flexibility index (Phi) is 16.2. The predicted octanol–water partition coefficient (Wildman–Crippen LogP) is 0.359. The molecule has 1 atom stereocenters. The Morgan fingerprint density at radius 2 is 1.72 bits per heavy atom. The normalized spacial score (nSPS) is 10.9. The maximum Gasteiger partial charge on any atom is 0.307 e. The fourth-order valence-electron chi connectivity index (χ4n) is 2.57. The zero-order valence-corrected chi connectivity index (χ0v) is 18.9. The van der Waals surface area contributed by atoms with Crippen LogP contribution in [0.1, 0.15) is 44.1 Å². The topological polar surface area (TPSA) is 169 Å². The lowest BCUT2D eigenvalue weighted by Gasteiger charge is -2.12. The number of guanidine groups is 1. The van der Waals surface area contributed by atoms with Crippen molar-refractivity contribution in [3.8, 4) is 0 Å². The molecule has 0 aliphatic carbocycles. The van der Waals surface area contributed by atoms with Gasteiger partial charge in [0.1, 0.15) is 6.61 Å². The van der Waals surface area contributed by atoms with Crippen LogP contribution in [0.3, 0.4) is 0 Å². The van der Waals surface area contributed by atoms with Gasteiger partial charge in [-0.2, -0.15) is 0 Å². The van der Waals surface area contributed by atoms with Crippen LogP contribution in [-0.4, -0.2) is 54.6 Å². The van der Waals surface area contributed by atoms with Crippen molar-refractivity contribution >= 4 is 36.2 Å². The van der Waals surface area contributed by atoms with Crippen LogP contribution in [0.15, 0.2) is 35.3 Å². The summed E-state index contributed by atoms with van der Waals surface area (Å²) in [6, 6.07) is 9.29. The number of benzene rings is 1. The van der Waals surface area contributed by atoms with E-state index in [1.807, 2.05) is 30.3 Å². The molecular formula is C21H34ClN5O5. The first-order valence-electron chi connectivity index (χ1n) is 10.3. The fraction of sp³-hybridized carbons (Fsp3) is 0.524. The van der Waals surface area contributed by atoms with Crippen molar-refractivity contribution in [1.82, 2.24) is 10.6 Å². The van der Waals surface area contributed by atoms with E-state index in [-0.39, 0.29) is 56.8 Å². The lowest BCUT2D eigenvalue weighted by Crippen LogP contribution is -2.36. The van der Waals surface area contributed by atoms with Crippen molar-refractivity contribution < 1.29 is 24.2 Å². The lowest BCUT2D eigenvalue weighted by atomic mass is 10.2. The minimum absolute atomic E-state index is 0. The molecule has 32 heavy (non-hydrogen) atoms. The van der Waals surface area contributed by atoms with Gasteiger partial charge in [-0.15, -0.1) is 12.4 Å². The largest absolute Gasteiger partial charge is 0.461 e. The Morgan fingerprint density at radius 3 is 2.41 bits per heavy atom. The summed E-state index contributed by atoms with van der Waals surface area (Å²) in [6.45, 7) is 0.815. The first kappa shape index (κ1) is 29.1. The van der Waals surface area contributed by atoms with Gasteiger partial charge < -0.3 is 31.9 Å². The lowest BCUT2D eigenvalue weighted by molar-refractivity contribution is -0.144. The highest BCUT2D eigenvalue weighted by Crippen LogP contribution is 2.02. The van der Waals surface area contributed by atoms with E-state index in [9.17, 15) is 19.5 Å². The molecular weight excluding hydrogens is 438 g/mol. The Bertz CT molecular complexity index is 714. The number of nitrogens with zero attached hydrogens (tertiary/aromatic N) is 1. The molecule has 0 aromatic heterocycles. The highest BCUT2D eigenvalue weighted by molar-refractivity contribution is 5.85. The zero-order valence-electron chi connectivity index (χ0n) is 18.1. The standard InChI is InChI=1S/C21H33N5O5.ClH/c22-21(23)25-11-6-2-5-9-18(28)26-14-17(27)13-19(29)24-12-10-20(30)31-15-16-7-3-1-4-8-16;/h1,3-4,7-8,17,27H,2,5-6,9-15H2,(H,24,29)(H,26,28)(H4,22,23,25);1H/t17-;/m0./s1. The molecule has 2 amide bonds. The van der Waals surface area contributed by atoms with Gasteiger partial charge in [0.2, 0.25) is 11.8 Å². The smallest absolute Gasteiger partial charge is 0.307 e. The minimum Gasteiger partial charge on any atom is -0.461 e. The van der Waals surface area contributed by atoms with Crippen molar-refractivity contribution in [3.63, 3.8) is 0 Å². The van der Waals surface area contributed by atoms with Crippen LogP contribution in [0.4, 0.5) is 0 Å². The quantitative estimate of drug-likeness (QED) is 0.106. The molecule has 0 bridgehead atoms. The van der Waals surface area contributed by atoms with Gasteiger partial charge in [-0.1, -0.05) is 36.8 Å². The molecule has 0 spiro atoms. The van der Waals surface area contributed by atoms with E-state index < -0.39 is 18.0 Å². The van der Waals surface area contributed by atoms with Gasteiger partial charge in [0.25, 0.3) is 0 Å². The van der Waals surface area contributed by atoms with E-state index in [0.29, 0.717) is 19.4 Å². The first-order chi connectivity index (χ1) is 14.9. The maximum absolute atomic E-state index is 11.8. The molecule has 10 nitrogen and oxygen atoms in total. The molecule has 0 aliphatic heterocycles. The second kappa shape index (κ2) is 17.8. The van der Waals surface area contributed by atoms with Gasteiger partial charge in [-0.3, -0.25) is 19.4 Å². The number of esters is 1. The summed E-state index contributed by atoms with van der Waals surface area (Å²) in [5.41, 5.74) is 11.3. The number of unbranched alkanes of at least 4 members (excludes halogenated alkanes) is 2. The Hall–Kier alpha value is -2.85. The maximum atomic E-state index is 11.8. The molecule has 0 unspecified atom stereocenters. The number of halogens is 1. The van der Waals surface area contributed by atoms with E-state index in [1.165, 1.54) is 0 Å². The van der Waals surface area contributed by atoms with Gasteiger partial charge in [0.05, 0.1) is 18.9 Å². The molecule has 1 rings (SSSR count). The first-order valence-corrected chi connectivity index (χ1v) is 10.3. The number of aliphatic imine (C=N–C) groups is 1. The third-order valence-corrected chi connectivity index (χ3v) is 4.21. The fourth-order valence-corrected chi connectivity index (χ4v) is 2.57. The number of hydrogen-bond acceptors (Lipinski definition) is 6. The predicted molar refractivity (Wildman–Crippen MR) is 124 cm³/mol. The van der Waals surface area contributed by atoms with Crippen molar-refractivity contribution in [2.24, 2.45) is 16.5 Å². The summed E-state index contributed by atoms with van der Waals surface area (Å²) < 4.78 is 5.12. The van der Waals surface area contributed by atoms with Crippen molar-refractivity contribution in [2.45, 2.75) is 51.2 Å². The minimum atomic E-state index is -1.00. The molecule has 0 saturated carbocycles. The Labute approximate surface area is 194 Å². The number of rotatable bonds is 15. The van der Waals surface area contributed by atoms with Gasteiger partial charge in [-0.05, 0) is 18.4 Å². The van der Waals surface area contributed by atoms with E-state index in [2.05, 4.69) is 15.6 Å². The molecule has 1 aromatic rings. The van der Waals surface area contributed by atoms with Crippen LogP contribution in [0.25, 0.3) is 0 Å². The second-order valence-corrected chi connectivity index (χ2v) is 7.03. The number of carbonyl (C=O) groups is 3. The summed E-state index contributed by atoms with van der Waals surface area (Å²) in [7, 11) is 0. The molecule has 0 saturated heterocycles. The summed E-state index contributed by atoms with van der Waals surface area (Å²) in [6.07, 6.45) is 1.47. The molecule has 0 aliphatic rings. The van der Waals surface area contributed by atoms with Crippen LogP contribution in [0.5, 0.6) is 0 Å². The third kappa shape index (κ3) is 15.9. The highest BCUT2D eigenvalue weighted by Gasteiger charge is 2.13. The number of nitrogens with one attached hydrogen (secondary N) is 2. The number of nitrogens with two attached hydrogens (primary N) is 2. The Balaban J connectivity index is 0.00000961. The van der Waals surface area contributed by atoms with Gasteiger partial charge >= 0.3 is 5.97 Å². The van der Waals surface area contributed by atoms with Crippen LogP contribution < -0.4 is 22.1 Å². The molecule has 180 valence electrons. The molecule has 1 aromatic carbocycles. The molecule has 0 heterocycles. The molecule has 7 N–H and O–H groups in total. The van der Waals surface area contributed by atoms with Crippen LogP contribution in [0, 0.1) is 0 Å². The summed E-state index contributed by atoms with van der Waals surface area (Å²) >= 11 is 0.